The Labute approximate surface area is 239 Å². The lowest BCUT2D eigenvalue weighted by molar-refractivity contribution is -0.142. The lowest BCUT2D eigenvalue weighted by Crippen LogP contribution is -2.41. The average molecular weight is 554 g/mol. The first-order valence-electron chi connectivity index (χ1n) is 13.9. The van der Waals surface area contributed by atoms with Gasteiger partial charge in [0.1, 0.15) is 11.4 Å². The standard InChI is InChI=1S/C31H44BNO7/c1-11-33(28(35)38-29(3,4)5)20-22-19-23(32-39-30(6,7)31(8,9)40-32)14-15-24(22)25-17-21(13-16-26(25)36-10)18-27(34)37-12-2/h13-17,19H,11-12,18,20H2,1-10H3. The van der Waals surface area contributed by atoms with Crippen LogP contribution >= 0.6 is 0 Å². The molecule has 1 saturated heterocycles. The van der Waals surface area contributed by atoms with Crippen molar-refractivity contribution < 1.29 is 33.1 Å². The van der Waals surface area contributed by atoms with Crippen LogP contribution in [-0.4, -0.2) is 61.1 Å². The van der Waals surface area contributed by atoms with Crippen LogP contribution in [-0.2, 0) is 36.5 Å². The van der Waals surface area contributed by atoms with E-state index in [0.29, 0.717) is 25.4 Å². The van der Waals surface area contributed by atoms with Gasteiger partial charge >= 0.3 is 19.2 Å². The molecule has 1 amide bonds. The summed E-state index contributed by atoms with van der Waals surface area (Å²) in [6.07, 6.45) is -0.254. The molecule has 0 atom stereocenters. The minimum absolute atomic E-state index is 0.144. The van der Waals surface area contributed by atoms with Gasteiger partial charge in [0.05, 0.1) is 31.3 Å². The summed E-state index contributed by atoms with van der Waals surface area (Å²) in [6, 6.07) is 11.6. The molecule has 1 aliphatic rings. The highest BCUT2D eigenvalue weighted by atomic mass is 16.7. The SMILES string of the molecule is CCOC(=O)Cc1ccc(OC)c(-c2ccc(B3OC(C)(C)C(C)(C)O3)cc2CN(CC)C(=O)OC(C)(C)C)c1. The van der Waals surface area contributed by atoms with Crippen LogP contribution in [0.25, 0.3) is 11.1 Å². The van der Waals surface area contributed by atoms with Crippen LogP contribution in [0.5, 0.6) is 5.75 Å². The molecule has 0 aliphatic carbocycles. The van der Waals surface area contributed by atoms with Crippen LogP contribution in [0.1, 0.15) is 73.4 Å². The van der Waals surface area contributed by atoms with Crippen molar-refractivity contribution in [3.63, 3.8) is 0 Å². The van der Waals surface area contributed by atoms with Crippen molar-refractivity contribution >= 4 is 24.6 Å². The maximum Gasteiger partial charge on any atom is 0.494 e. The van der Waals surface area contributed by atoms with E-state index in [-0.39, 0.29) is 12.4 Å². The first-order valence-corrected chi connectivity index (χ1v) is 13.9. The summed E-state index contributed by atoms with van der Waals surface area (Å²) in [5.41, 5.74) is 2.58. The molecule has 2 aromatic carbocycles. The highest BCUT2D eigenvalue weighted by Gasteiger charge is 2.51. The van der Waals surface area contributed by atoms with E-state index in [2.05, 4.69) is 0 Å². The summed E-state index contributed by atoms with van der Waals surface area (Å²) in [4.78, 5) is 27.0. The number of hydrogen-bond donors (Lipinski definition) is 0. The molecular formula is C31H44BNO7. The van der Waals surface area contributed by atoms with E-state index in [1.807, 2.05) is 91.8 Å². The third kappa shape index (κ3) is 7.37. The van der Waals surface area contributed by atoms with Gasteiger partial charge in [-0.25, -0.2) is 4.79 Å². The second-order valence-corrected chi connectivity index (χ2v) is 12.0. The Morgan fingerprint density at radius 3 is 2.15 bits per heavy atom. The molecule has 0 aromatic heterocycles. The van der Waals surface area contributed by atoms with E-state index >= 15 is 0 Å². The van der Waals surface area contributed by atoms with Crippen molar-refractivity contribution in [2.75, 3.05) is 20.3 Å². The van der Waals surface area contributed by atoms with Crippen molar-refractivity contribution in [3.8, 4) is 16.9 Å². The third-order valence-electron chi connectivity index (χ3n) is 7.26. The first-order chi connectivity index (χ1) is 18.6. The summed E-state index contributed by atoms with van der Waals surface area (Å²) in [6.45, 7) is 18.4. The summed E-state index contributed by atoms with van der Waals surface area (Å²) < 4.78 is 29.2. The van der Waals surface area contributed by atoms with Crippen molar-refractivity contribution in [2.45, 2.75) is 92.1 Å². The van der Waals surface area contributed by atoms with Crippen LogP contribution in [0.4, 0.5) is 4.79 Å². The number of benzene rings is 2. The maximum atomic E-state index is 13.1. The van der Waals surface area contributed by atoms with E-state index in [9.17, 15) is 9.59 Å². The predicted octanol–water partition coefficient (Wildman–Crippen LogP) is 5.52. The number of rotatable bonds is 9. The lowest BCUT2D eigenvalue weighted by Gasteiger charge is -2.32. The molecule has 2 aromatic rings. The minimum atomic E-state index is -0.622. The average Bonchev–Trinajstić information content (AvgIpc) is 3.08. The van der Waals surface area contributed by atoms with E-state index in [1.165, 1.54) is 0 Å². The second-order valence-electron chi connectivity index (χ2n) is 12.0. The van der Waals surface area contributed by atoms with Gasteiger partial charge in [0, 0.05) is 18.7 Å². The van der Waals surface area contributed by atoms with Gasteiger partial charge < -0.3 is 28.4 Å². The van der Waals surface area contributed by atoms with Crippen molar-refractivity contribution in [2.24, 2.45) is 0 Å². The molecule has 3 rings (SSSR count). The largest absolute Gasteiger partial charge is 0.496 e. The number of nitrogens with zero attached hydrogens (tertiary/aromatic N) is 1. The fraction of sp³-hybridized carbons (Fsp3) is 0.548. The number of amides is 1. The van der Waals surface area contributed by atoms with E-state index < -0.39 is 30.0 Å². The third-order valence-corrected chi connectivity index (χ3v) is 7.26. The van der Waals surface area contributed by atoms with Crippen molar-refractivity contribution in [3.05, 3.63) is 47.5 Å². The molecule has 218 valence electrons. The molecule has 0 spiro atoms. The van der Waals surface area contributed by atoms with E-state index in [4.69, 9.17) is 23.5 Å². The van der Waals surface area contributed by atoms with Gasteiger partial charge in [-0.2, -0.15) is 0 Å². The molecule has 1 aliphatic heterocycles. The maximum absolute atomic E-state index is 13.1. The van der Waals surface area contributed by atoms with Crippen LogP contribution in [0.3, 0.4) is 0 Å². The van der Waals surface area contributed by atoms with Gasteiger partial charge in [-0.1, -0.05) is 24.3 Å². The monoisotopic (exact) mass is 553 g/mol. The zero-order valence-electron chi connectivity index (χ0n) is 25.7. The molecule has 0 N–H and O–H groups in total. The molecule has 0 unspecified atom stereocenters. The molecule has 40 heavy (non-hydrogen) atoms. The highest BCUT2D eigenvalue weighted by Crippen LogP contribution is 2.38. The quantitative estimate of drug-likeness (QED) is 0.299. The molecular weight excluding hydrogens is 509 g/mol. The van der Waals surface area contributed by atoms with Gasteiger partial charge in [0.2, 0.25) is 0 Å². The summed E-state index contributed by atoms with van der Waals surface area (Å²) in [5, 5.41) is 0. The van der Waals surface area contributed by atoms with Gasteiger partial charge in [-0.05, 0) is 96.6 Å². The molecule has 0 radical (unpaired) electrons. The Hall–Kier alpha value is -3.04. The van der Waals surface area contributed by atoms with E-state index in [1.54, 1.807) is 18.9 Å². The topological polar surface area (TPSA) is 83.5 Å². The van der Waals surface area contributed by atoms with Crippen LogP contribution in [0.15, 0.2) is 36.4 Å². The van der Waals surface area contributed by atoms with Crippen molar-refractivity contribution in [1.29, 1.82) is 0 Å². The summed E-state index contributed by atoms with van der Waals surface area (Å²) in [7, 11) is 1.05. The second kappa shape index (κ2) is 12.2. The molecule has 8 nitrogen and oxygen atoms in total. The summed E-state index contributed by atoms with van der Waals surface area (Å²) in [5.74, 6) is 0.356. The number of carbonyl (C=O) groups excluding carboxylic acids is 2. The number of methoxy groups -OCH3 is 1. The Morgan fingerprint density at radius 1 is 0.950 bits per heavy atom. The van der Waals surface area contributed by atoms with Crippen molar-refractivity contribution in [1.82, 2.24) is 4.90 Å². The predicted molar refractivity (Wildman–Crippen MR) is 157 cm³/mol. The summed E-state index contributed by atoms with van der Waals surface area (Å²) >= 11 is 0. The Bertz CT molecular complexity index is 1200. The minimum Gasteiger partial charge on any atom is -0.496 e. The highest BCUT2D eigenvalue weighted by molar-refractivity contribution is 6.62. The fourth-order valence-electron chi connectivity index (χ4n) is 4.42. The molecule has 0 saturated carbocycles. The number of esters is 1. The lowest BCUT2D eigenvalue weighted by atomic mass is 9.77. The molecule has 1 fully saturated rings. The zero-order valence-corrected chi connectivity index (χ0v) is 25.7. The fourth-order valence-corrected chi connectivity index (χ4v) is 4.42. The van der Waals surface area contributed by atoms with Gasteiger partial charge in [-0.3, -0.25) is 4.79 Å². The first kappa shape index (κ1) is 31.5. The number of hydrogen-bond acceptors (Lipinski definition) is 7. The van der Waals surface area contributed by atoms with Crippen LogP contribution < -0.4 is 10.2 Å². The molecule has 0 bridgehead atoms. The molecule has 9 heteroatoms. The van der Waals surface area contributed by atoms with E-state index in [0.717, 1.165) is 27.7 Å². The van der Waals surface area contributed by atoms with Gasteiger partial charge in [0.25, 0.3) is 0 Å². The number of ether oxygens (including phenoxy) is 3. The van der Waals surface area contributed by atoms with Gasteiger partial charge in [0.15, 0.2) is 0 Å². The Kier molecular flexibility index (Phi) is 9.63. The Balaban J connectivity index is 2.10. The smallest absolute Gasteiger partial charge is 0.494 e. The van der Waals surface area contributed by atoms with Crippen LogP contribution in [0.2, 0.25) is 0 Å². The Morgan fingerprint density at radius 2 is 1.60 bits per heavy atom. The van der Waals surface area contributed by atoms with Gasteiger partial charge in [-0.15, -0.1) is 0 Å². The normalized spacial score (nSPS) is 16.0. The zero-order chi connectivity index (χ0) is 29.9. The molecule has 1 heterocycles. The number of carbonyl (C=O) groups is 2. The van der Waals surface area contributed by atoms with Crippen LogP contribution in [0, 0.1) is 0 Å².